The van der Waals surface area contributed by atoms with Crippen LogP contribution in [0, 0.1) is 0 Å². The summed E-state index contributed by atoms with van der Waals surface area (Å²) in [5, 5.41) is 11.8. The molecule has 90 valence electrons. The second-order valence-electron chi connectivity index (χ2n) is 3.51. The number of rotatable bonds is 2. The van der Waals surface area contributed by atoms with Gasteiger partial charge in [-0.3, -0.25) is 4.57 Å². The Kier molecular flexibility index (Phi) is 3.13. The zero-order chi connectivity index (χ0) is 12.6. The molecule has 0 fully saturated rings. The Balaban J connectivity index is 2.57. The highest BCUT2D eigenvalue weighted by Gasteiger charge is 2.12. The summed E-state index contributed by atoms with van der Waals surface area (Å²) in [5.74, 6) is 1.32. The van der Waals surface area contributed by atoms with Crippen LogP contribution in [0.25, 0.3) is 11.4 Å². The van der Waals surface area contributed by atoms with E-state index in [1.165, 1.54) is 0 Å². The predicted octanol–water partition coefficient (Wildman–Crippen LogP) is 2.41. The van der Waals surface area contributed by atoms with Gasteiger partial charge in [-0.25, -0.2) is 0 Å². The van der Waals surface area contributed by atoms with Crippen molar-refractivity contribution in [1.82, 2.24) is 14.8 Å². The van der Waals surface area contributed by atoms with Crippen molar-refractivity contribution in [3.63, 3.8) is 0 Å². The van der Waals surface area contributed by atoms with Gasteiger partial charge in [-0.05, 0) is 12.1 Å². The summed E-state index contributed by atoms with van der Waals surface area (Å²) in [6.45, 7) is 0. The van der Waals surface area contributed by atoms with Crippen molar-refractivity contribution >= 4 is 34.8 Å². The van der Waals surface area contributed by atoms with E-state index >= 15 is 0 Å². The molecule has 0 aliphatic rings. The number of nitrogens with one attached hydrogen (secondary N) is 1. The molecule has 7 heteroatoms. The van der Waals surface area contributed by atoms with Gasteiger partial charge in [0.05, 0.1) is 15.7 Å². The number of hydrogen-bond donors (Lipinski definition) is 2. The van der Waals surface area contributed by atoms with E-state index in [2.05, 4.69) is 15.5 Å². The maximum absolute atomic E-state index is 5.98. The average Bonchev–Trinajstić information content (AvgIpc) is 2.66. The monoisotopic (exact) mass is 271 g/mol. The van der Waals surface area contributed by atoms with Crippen molar-refractivity contribution in [2.75, 3.05) is 18.1 Å². The van der Waals surface area contributed by atoms with Crippen LogP contribution < -0.4 is 11.1 Å². The average molecular weight is 272 g/mol. The first-order valence-corrected chi connectivity index (χ1v) is 5.62. The van der Waals surface area contributed by atoms with E-state index in [9.17, 15) is 0 Å². The Bertz CT molecular complexity index is 541. The molecular formula is C10H11Cl2N5. The first-order chi connectivity index (χ1) is 8.04. The Morgan fingerprint density at radius 2 is 1.82 bits per heavy atom. The summed E-state index contributed by atoms with van der Waals surface area (Å²) >= 11 is 12.0. The standard InChI is InChI=1S/C10H11Cl2N5/c1-14-10-16-15-9(17(10)2)5-3-6(11)8(13)7(12)4-5/h3-4H,13H2,1-2H3,(H,14,16). The van der Waals surface area contributed by atoms with Gasteiger partial charge in [0.2, 0.25) is 5.95 Å². The molecule has 1 aromatic heterocycles. The van der Waals surface area contributed by atoms with Crippen molar-refractivity contribution in [2.45, 2.75) is 0 Å². The van der Waals surface area contributed by atoms with Crippen LogP contribution in [-0.4, -0.2) is 21.8 Å². The summed E-state index contributed by atoms with van der Waals surface area (Å²) in [7, 11) is 3.62. The summed E-state index contributed by atoms with van der Waals surface area (Å²) in [6.07, 6.45) is 0. The lowest BCUT2D eigenvalue weighted by Gasteiger charge is -2.06. The van der Waals surface area contributed by atoms with Gasteiger partial charge in [-0.1, -0.05) is 23.2 Å². The first kappa shape index (κ1) is 12.0. The highest BCUT2D eigenvalue weighted by atomic mass is 35.5. The molecule has 0 unspecified atom stereocenters. The molecule has 0 aliphatic carbocycles. The van der Waals surface area contributed by atoms with Crippen LogP contribution in [-0.2, 0) is 7.05 Å². The number of nitrogens with two attached hydrogens (primary N) is 1. The molecule has 5 nitrogen and oxygen atoms in total. The Morgan fingerprint density at radius 3 is 2.29 bits per heavy atom. The Labute approximate surface area is 109 Å². The number of halogens is 2. The summed E-state index contributed by atoms with van der Waals surface area (Å²) < 4.78 is 1.80. The molecule has 1 heterocycles. The molecule has 2 rings (SSSR count). The van der Waals surface area contributed by atoms with E-state index in [4.69, 9.17) is 28.9 Å². The molecule has 2 aromatic rings. The summed E-state index contributed by atoms with van der Waals surface area (Å²) in [6, 6.07) is 3.43. The maximum atomic E-state index is 5.98. The van der Waals surface area contributed by atoms with Crippen molar-refractivity contribution in [3.8, 4) is 11.4 Å². The van der Waals surface area contributed by atoms with Gasteiger partial charge in [-0.2, -0.15) is 0 Å². The fourth-order valence-corrected chi connectivity index (χ4v) is 2.00. The number of nitrogens with zero attached hydrogens (tertiary/aromatic N) is 3. The molecule has 1 aromatic carbocycles. The molecule has 3 N–H and O–H groups in total. The topological polar surface area (TPSA) is 68.8 Å². The minimum Gasteiger partial charge on any atom is -0.396 e. The molecular weight excluding hydrogens is 261 g/mol. The largest absolute Gasteiger partial charge is 0.396 e. The lowest BCUT2D eigenvalue weighted by atomic mass is 10.2. The van der Waals surface area contributed by atoms with E-state index < -0.39 is 0 Å². The van der Waals surface area contributed by atoms with Crippen LogP contribution in [0.5, 0.6) is 0 Å². The molecule has 0 bridgehead atoms. The molecule has 17 heavy (non-hydrogen) atoms. The van der Waals surface area contributed by atoms with Gasteiger partial charge >= 0.3 is 0 Å². The van der Waals surface area contributed by atoms with Gasteiger partial charge in [-0.15, -0.1) is 10.2 Å². The zero-order valence-corrected chi connectivity index (χ0v) is 10.8. The third-order valence-electron chi connectivity index (χ3n) is 2.44. The minimum atomic E-state index is 0.369. The smallest absolute Gasteiger partial charge is 0.224 e. The number of nitrogen functional groups attached to an aromatic ring is 1. The summed E-state index contributed by atoms with van der Waals surface area (Å²) in [5.41, 5.74) is 6.82. The normalized spacial score (nSPS) is 10.6. The van der Waals surface area contributed by atoms with Crippen LogP contribution in [0.15, 0.2) is 12.1 Å². The fraction of sp³-hybridized carbons (Fsp3) is 0.200. The van der Waals surface area contributed by atoms with Gasteiger partial charge < -0.3 is 11.1 Å². The molecule has 0 saturated heterocycles. The summed E-state index contributed by atoms with van der Waals surface area (Å²) in [4.78, 5) is 0. The SMILES string of the molecule is CNc1nnc(-c2cc(Cl)c(N)c(Cl)c2)n1C. The molecule has 0 aliphatic heterocycles. The third kappa shape index (κ3) is 2.03. The number of aromatic nitrogens is 3. The van der Waals surface area contributed by atoms with Crippen LogP contribution in [0.3, 0.4) is 0 Å². The number of hydrogen-bond acceptors (Lipinski definition) is 4. The molecule has 0 spiro atoms. The maximum Gasteiger partial charge on any atom is 0.224 e. The molecule has 0 saturated carbocycles. The van der Waals surface area contributed by atoms with Crippen LogP contribution in [0.2, 0.25) is 10.0 Å². The highest BCUT2D eigenvalue weighted by molar-refractivity contribution is 6.39. The van der Waals surface area contributed by atoms with Crippen LogP contribution >= 0.6 is 23.2 Å². The van der Waals surface area contributed by atoms with E-state index in [1.807, 2.05) is 7.05 Å². The first-order valence-electron chi connectivity index (χ1n) is 4.86. The van der Waals surface area contributed by atoms with E-state index in [0.29, 0.717) is 27.5 Å². The molecule has 0 radical (unpaired) electrons. The fourth-order valence-electron chi connectivity index (χ4n) is 1.51. The lowest BCUT2D eigenvalue weighted by Crippen LogP contribution is -2.00. The molecule has 0 atom stereocenters. The van der Waals surface area contributed by atoms with Crippen LogP contribution in [0.4, 0.5) is 11.6 Å². The quantitative estimate of drug-likeness (QED) is 0.824. The molecule has 0 amide bonds. The second-order valence-corrected chi connectivity index (χ2v) is 4.32. The van der Waals surface area contributed by atoms with E-state index in [0.717, 1.165) is 5.56 Å². The van der Waals surface area contributed by atoms with Crippen LogP contribution in [0.1, 0.15) is 0 Å². The van der Waals surface area contributed by atoms with Crippen molar-refractivity contribution in [2.24, 2.45) is 7.05 Å². The Morgan fingerprint density at radius 1 is 1.24 bits per heavy atom. The van der Waals surface area contributed by atoms with Crippen molar-refractivity contribution in [1.29, 1.82) is 0 Å². The Hall–Kier alpha value is -1.46. The van der Waals surface area contributed by atoms with Crippen molar-refractivity contribution < 1.29 is 0 Å². The van der Waals surface area contributed by atoms with E-state index in [-0.39, 0.29) is 0 Å². The number of anilines is 2. The number of benzene rings is 1. The van der Waals surface area contributed by atoms with Gasteiger partial charge in [0.15, 0.2) is 5.82 Å². The van der Waals surface area contributed by atoms with Gasteiger partial charge in [0.1, 0.15) is 0 Å². The second kappa shape index (κ2) is 4.43. The lowest BCUT2D eigenvalue weighted by molar-refractivity contribution is 0.925. The van der Waals surface area contributed by atoms with Crippen molar-refractivity contribution in [3.05, 3.63) is 22.2 Å². The highest BCUT2D eigenvalue weighted by Crippen LogP contribution is 2.33. The third-order valence-corrected chi connectivity index (χ3v) is 3.06. The minimum absolute atomic E-state index is 0.369. The zero-order valence-electron chi connectivity index (χ0n) is 9.33. The van der Waals surface area contributed by atoms with E-state index in [1.54, 1.807) is 23.7 Å². The van der Waals surface area contributed by atoms with Gasteiger partial charge in [0, 0.05) is 19.7 Å². The van der Waals surface area contributed by atoms with Gasteiger partial charge in [0.25, 0.3) is 0 Å². The predicted molar refractivity (Wildman–Crippen MR) is 70.4 cm³/mol.